The molecule has 0 atom stereocenters. The first-order valence-electron chi connectivity index (χ1n) is 17.4. The maximum atomic E-state index is 13.9. The minimum atomic E-state index is -3.95. The van der Waals surface area contributed by atoms with Crippen molar-refractivity contribution in [1.82, 2.24) is 19.7 Å². The highest BCUT2D eigenvalue weighted by Gasteiger charge is 2.28. The molecule has 2 aromatic heterocycles. The van der Waals surface area contributed by atoms with Gasteiger partial charge in [0.05, 0.1) is 43.1 Å². The first-order chi connectivity index (χ1) is 26.7. The lowest BCUT2D eigenvalue weighted by molar-refractivity contribution is -0.113. The van der Waals surface area contributed by atoms with E-state index in [1.54, 1.807) is 54.5 Å². The van der Waals surface area contributed by atoms with Crippen LogP contribution in [0.4, 0.5) is 10.7 Å². The smallest absolute Gasteiger partial charge is 0.261 e. The molecule has 2 N–H and O–H groups in total. The van der Waals surface area contributed by atoms with Crippen LogP contribution in [-0.4, -0.2) is 79.1 Å². The number of aromatic nitrogens is 3. The average Bonchev–Trinajstić information content (AvgIpc) is 3.77. The number of sulfonamides is 1. The number of methoxy groups -OCH3 is 1. The number of nitrogens with zero attached hydrogens (tertiary/aromatic N) is 4. The Morgan fingerprint density at radius 2 is 1.58 bits per heavy atom. The Labute approximate surface area is 327 Å². The summed E-state index contributed by atoms with van der Waals surface area (Å²) in [6.07, 6.45) is 0. The molecule has 7 rings (SSSR count). The molecule has 0 bridgehead atoms. The Kier molecular flexibility index (Phi) is 11.6. The number of carbonyl (C=O) groups is 2. The van der Waals surface area contributed by atoms with Crippen molar-refractivity contribution in [3.8, 4) is 27.6 Å². The van der Waals surface area contributed by atoms with Gasteiger partial charge in [-0.05, 0) is 60.0 Å². The molecule has 0 unspecified atom stereocenters. The van der Waals surface area contributed by atoms with Gasteiger partial charge in [-0.1, -0.05) is 84.6 Å². The standard InChI is InChI=1S/C40H38N6O6S3/c1-27-35(39(48)45-20-22-52-23-21-45)38(54-36(27)29-12-7-4-8-13-29)41-34(47)26-53-40-43-42-37(46(40)25-28-10-5-3-6-11-28)30-14-9-15-33(24-30)55(49,50)44-31-16-18-32(51-2)19-17-31/h3-19,24,44H,20-23,25-26H2,1-2H3,(H,41,47). The number of morpholine rings is 1. The number of rotatable bonds is 13. The van der Waals surface area contributed by atoms with Crippen molar-refractivity contribution in [3.63, 3.8) is 0 Å². The Hall–Kier alpha value is -5.48. The number of carbonyl (C=O) groups excluding carboxylic acids is 2. The van der Waals surface area contributed by atoms with Crippen molar-refractivity contribution in [3.05, 3.63) is 126 Å². The topological polar surface area (TPSA) is 145 Å². The minimum Gasteiger partial charge on any atom is -0.497 e. The largest absolute Gasteiger partial charge is 0.497 e. The van der Waals surface area contributed by atoms with Crippen LogP contribution in [0.1, 0.15) is 21.5 Å². The van der Waals surface area contributed by atoms with E-state index < -0.39 is 10.0 Å². The van der Waals surface area contributed by atoms with Gasteiger partial charge >= 0.3 is 0 Å². The van der Waals surface area contributed by atoms with Gasteiger partial charge in [0.15, 0.2) is 11.0 Å². The summed E-state index contributed by atoms with van der Waals surface area (Å²) >= 11 is 2.58. The second kappa shape index (κ2) is 16.9. The molecule has 1 aliphatic rings. The normalized spacial score (nSPS) is 13.0. The predicted octanol–water partition coefficient (Wildman–Crippen LogP) is 7.04. The number of ether oxygens (including phenoxy) is 2. The number of thiophene rings is 1. The van der Waals surface area contributed by atoms with Gasteiger partial charge in [-0.25, -0.2) is 8.42 Å². The zero-order chi connectivity index (χ0) is 38.4. The molecule has 2 amide bonds. The highest BCUT2D eigenvalue weighted by atomic mass is 32.2. The quantitative estimate of drug-likeness (QED) is 0.118. The number of benzene rings is 4. The van der Waals surface area contributed by atoms with Crippen molar-refractivity contribution in [2.24, 2.45) is 0 Å². The molecule has 1 aliphatic heterocycles. The third kappa shape index (κ3) is 8.75. The summed E-state index contributed by atoms with van der Waals surface area (Å²) in [5, 5.41) is 12.9. The lowest BCUT2D eigenvalue weighted by atomic mass is 10.1. The SMILES string of the molecule is COc1ccc(NS(=O)(=O)c2cccc(-c3nnc(SCC(=O)Nc4sc(-c5ccccc5)c(C)c4C(=O)N4CCOCC4)n3Cc3ccccc3)c2)cc1. The molecule has 282 valence electrons. The Morgan fingerprint density at radius 3 is 2.29 bits per heavy atom. The van der Waals surface area contributed by atoms with Gasteiger partial charge in [0.1, 0.15) is 10.8 Å². The van der Waals surface area contributed by atoms with E-state index in [1.165, 1.54) is 29.2 Å². The van der Waals surface area contributed by atoms with Crippen LogP contribution in [0.25, 0.3) is 21.8 Å². The van der Waals surface area contributed by atoms with E-state index >= 15 is 0 Å². The van der Waals surface area contributed by atoms with Crippen molar-refractivity contribution < 1.29 is 27.5 Å². The molecule has 12 nitrogen and oxygen atoms in total. The van der Waals surface area contributed by atoms with Crippen LogP contribution < -0.4 is 14.8 Å². The van der Waals surface area contributed by atoms with Crippen LogP contribution in [0.5, 0.6) is 5.75 Å². The fraction of sp³-hybridized carbons (Fsp3) is 0.200. The van der Waals surface area contributed by atoms with Gasteiger partial charge in [-0.15, -0.1) is 21.5 Å². The molecule has 0 aliphatic carbocycles. The van der Waals surface area contributed by atoms with Gasteiger partial charge < -0.3 is 19.7 Å². The third-order valence-electron chi connectivity index (χ3n) is 8.93. The second-order valence-corrected chi connectivity index (χ2v) is 16.3. The van der Waals surface area contributed by atoms with Crippen molar-refractivity contribution >= 4 is 55.6 Å². The first kappa shape index (κ1) is 37.8. The monoisotopic (exact) mass is 794 g/mol. The average molecular weight is 795 g/mol. The number of nitrogens with one attached hydrogen (secondary N) is 2. The number of hydrogen-bond donors (Lipinski definition) is 2. The van der Waals surface area contributed by atoms with Crippen LogP contribution in [0.15, 0.2) is 119 Å². The molecular weight excluding hydrogens is 757 g/mol. The van der Waals surface area contributed by atoms with E-state index in [-0.39, 0.29) is 22.5 Å². The molecule has 0 spiro atoms. The Morgan fingerprint density at radius 1 is 0.891 bits per heavy atom. The van der Waals surface area contributed by atoms with Gasteiger partial charge in [0.2, 0.25) is 5.91 Å². The number of thioether (sulfide) groups is 1. The summed E-state index contributed by atoms with van der Waals surface area (Å²) in [7, 11) is -2.41. The van der Waals surface area contributed by atoms with Crippen LogP contribution in [0.2, 0.25) is 0 Å². The zero-order valence-corrected chi connectivity index (χ0v) is 32.5. The van der Waals surface area contributed by atoms with Gasteiger partial charge in [0.25, 0.3) is 15.9 Å². The van der Waals surface area contributed by atoms with E-state index in [9.17, 15) is 18.0 Å². The number of amides is 2. The summed E-state index contributed by atoms with van der Waals surface area (Å²) in [5.41, 5.74) is 4.15. The Balaban J connectivity index is 1.14. The van der Waals surface area contributed by atoms with E-state index in [1.807, 2.05) is 72.2 Å². The molecule has 3 heterocycles. The van der Waals surface area contributed by atoms with Gasteiger partial charge in [0, 0.05) is 29.2 Å². The maximum absolute atomic E-state index is 13.9. The van der Waals surface area contributed by atoms with Crippen molar-refractivity contribution in [1.29, 1.82) is 0 Å². The molecule has 1 saturated heterocycles. The fourth-order valence-electron chi connectivity index (χ4n) is 6.13. The summed E-state index contributed by atoms with van der Waals surface area (Å²) in [4.78, 5) is 30.3. The van der Waals surface area contributed by atoms with Crippen molar-refractivity contribution in [2.45, 2.75) is 23.5 Å². The molecular formula is C40H38N6O6S3. The third-order valence-corrected chi connectivity index (χ3v) is 12.5. The molecule has 55 heavy (non-hydrogen) atoms. The summed E-state index contributed by atoms with van der Waals surface area (Å²) in [5.74, 6) is 0.577. The zero-order valence-electron chi connectivity index (χ0n) is 30.1. The lowest BCUT2D eigenvalue weighted by Gasteiger charge is -2.27. The summed E-state index contributed by atoms with van der Waals surface area (Å²) in [6, 6.07) is 32.6. The van der Waals surface area contributed by atoms with E-state index in [0.717, 1.165) is 21.6 Å². The van der Waals surface area contributed by atoms with Crippen LogP contribution in [0, 0.1) is 6.92 Å². The molecule has 15 heteroatoms. The molecule has 6 aromatic rings. The van der Waals surface area contributed by atoms with E-state index in [0.29, 0.717) is 71.4 Å². The summed E-state index contributed by atoms with van der Waals surface area (Å²) < 4.78 is 42.0. The highest BCUT2D eigenvalue weighted by Crippen LogP contribution is 2.41. The van der Waals surface area contributed by atoms with E-state index in [4.69, 9.17) is 9.47 Å². The number of hydrogen-bond acceptors (Lipinski definition) is 10. The van der Waals surface area contributed by atoms with Crippen molar-refractivity contribution in [2.75, 3.05) is 49.2 Å². The molecule has 4 aromatic carbocycles. The lowest BCUT2D eigenvalue weighted by Crippen LogP contribution is -2.41. The molecule has 1 fully saturated rings. The molecule has 0 radical (unpaired) electrons. The summed E-state index contributed by atoms with van der Waals surface area (Å²) in [6.45, 7) is 4.17. The maximum Gasteiger partial charge on any atom is 0.261 e. The van der Waals surface area contributed by atoms with Crippen LogP contribution in [-0.2, 0) is 26.1 Å². The van der Waals surface area contributed by atoms with Crippen LogP contribution >= 0.6 is 23.1 Å². The van der Waals surface area contributed by atoms with Gasteiger partial charge in [-0.2, -0.15) is 0 Å². The van der Waals surface area contributed by atoms with Crippen LogP contribution in [0.3, 0.4) is 0 Å². The molecule has 0 saturated carbocycles. The second-order valence-electron chi connectivity index (χ2n) is 12.6. The highest BCUT2D eigenvalue weighted by molar-refractivity contribution is 7.99. The minimum absolute atomic E-state index is 0.0179. The predicted molar refractivity (Wildman–Crippen MR) is 215 cm³/mol. The fourth-order valence-corrected chi connectivity index (χ4v) is 9.20. The Bertz CT molecular complexity index is 2400. The van der Waals surface area contributed by atoms with E-state index in [2.05, 4.69) is 20.2 Å². The number of anilines is 2. The van der Waals surface area contributed by atoms with Gasteiger partial charge in [-0.3, -0.25) is 18.9 Å². The first-order valence-corrected chi connectivity index (χ1v) is 20.7.